The molecular formula is C18H15BrCl3NO3. The Kier molecular flexibility index (Phi) is 6.70. The average molecular weight is 480 g/mol. The van der Waals surface area contributed by atoms with E-state index < -0.39 is 0 Å². The van der Waals surface area contributed by atoms with Crippen molar-refractivity contribution in [3.63, 3.8) is 0 Å². The summed E-state index contributed by atoms with van der Waals surface area (Å²) in [5.74, 6) is 0.335. The monoisotopic (exact) mass is 477 g/mol. The van der Waals surface area contributed by atoms with Crippen LogP contribution < -0.4 is 10.1 Å². The normalized spacial score (nSPS) is 16.5. The highest BCUT2D eigenvalue weighted by atomic mass is 79.9. The summed E-state index contributed by atoms with van der Waals surface area (Å²) in [5.41, 5.74) is 0.837. The molecule has 0 aromatic heterocycles. The van der Waals surface area contributed by atoms with Gasteiger partial charge in [-0.2, -0.15) is 0 Å². The molecule has 0 bridgehead atoms. The standard InChI is InChI=1S/C18H15BrCl3NO3/c19-12-6-10(3-4-17(12)26-9-11-2-1-5-25-11)18(24)23-16-8-14(21)13(20)7-15(16)22/h3-4,6-8,11H,1-2,5,9H2,(H,23,24). The van der Waals surface area contributed by atoms with Crippen LogP contribution in [0.3, 0.4) is 0 Å². The Morgan fingerprint density at radius 3 is 2.65 bits per heavy atom. The van der Waals surface area contributed by atoms with Gasteiger partial charge < -0.3 is 14.8 Å². The summed E-state index contributed by atoms with van der Waals surface area (Å²) in [6, 6.07) is 8.10. The van der Waals surface area contributed by atoms with Crippen LogP contribution in [-0.2, 0) is 4.74 Å². The van der Waals surface area contributed by atoms with Gasteiger partial charge >= 0.3 is 0 Å². The zero-order chi connectivity index (χ0) is 18.7. The van der Waals surface area contributed by atoms with Gasteiger partial charge in [0.15, 0.2) is 0 Å². The quantitative estimate of drug-likeness (QED) is 0.518. The van der Waals surface area contributed by atoms with E-state index in [9.17, 15) is 4.79 Å². The zero-order valence-corrected chi connectivity index (χ0v) is 17.4. The lowest BCUT2D eigenvalue weighted by Gasteiger charge is -2.14. The fourth-order valence-electron chi connectivity index (χ4n) is 2.53. The summed E-state index contributed by atoms with van der Waals surface area (Å²) < 4.78 is 12.0. The fourth-order valence-corrected chi connectivity index (χ4v) is 3.62. The molecule has 1 saturated heterocycles. The summed E-state index contributed by atoms with van der Waals surface area (Å²) in [5, 5.41) is 3.67. The van der Waals surface area contributed by atoms with E-state index in [0.29, 0.717) is 43.1 Å². The summed E-state index contributed by atoms with van der Waals surface area (Å²) in [4.78, 5) is 12.5. The Balaban J connectivity index is 1.68. The molecule has 0 spiro atoms. The van der Waals surface area contributed by atoms with Crippen molar-refractivity contribution in [2.45, 2.75) is 18.9 Å². The summed E-state index contributed by atoms with van der Waals surface area (Å²) in [7, 11) is 0. The highest BCUT2D eigenvalue weighted by Gasteiger charge is 2.17. The van der Waals surface area contributed by atoms with Crippen LogP contribution in [0.4, 0.5) is 5.69 Å². The van der Waals surface area contributed by atoms with Gasteiger partial charge in [0.25, 0.3) is 5.91 Å². The van der Waals surface area contributed by atoms with Gasteiger partial charge in [0.05, 0.1) is 31.3 Å². The van der Waals surface area contributed by atoms with Crippen molar-refractivity contribution in [2.75, 3.05) is 18.5 Å². The first-order chi connectivity index (χ1) is 12.4. The van der Waals surface area contributed by atoms with Gasteiger partial charge in [-0.05, 0) is 59.1 Å². The van der Waals surface area contributed by atoms with Gasteiger partial charge in [0, 0.05) is 12.2 Å². The van der Waals surface area contributed by atoms with Gasteiger partial charge in [-0.1, -0.05) is 34.8 Å². The van der Waals surface area contributed by atoms with Gasteiger partial charge in [-0.25, -0.2) is 0 Å². The van der Waals surface area contributed by atoms with Crippen molar-refractivity contribution in [3.8, 4) is 5.75 Å². The van der Waals surface area contributed by atoms with Crippen molar-refractivity contribution < 1.29 is 14.3 Å². The second-order valence-corrected chi connectivity index (χ2v) is 7.87. The number of halogens is 4. The minimum absolute atomic E-state index is 0.127. The van der Waals surface area contributed by atoms with Crippen molar-refractivity contribution in [3.05, 3.63) is 55.4 Å². The molecule has 2 aromatic rings. The van der Waals surface area contributed by atoms with E-state index in [2.05, 4.69) is 21.2 Å². The third-order valence-electron chi connectivity index (χ3n) is 3.90. The number of ether oxygens (including phenoxy) is 2. The Bertz CT molecular complexity index is 826. The van der Waals surface area contributed by atoms with E-state index in [1.54, 1.807) is 18.2 Å². The molecule has 4 nitrogen and oxygen atoms in total. The molecule has 1 N–H and O–H groups in total. The summed E-state index contributed by atoms with van der Waals surface area (Å²) in [6.45, 7) is 1.27. The largest absolute Gasteiger partial charge is 0.490 e. The molecule has 1 amide bonds. The van der Waals surface area contributed by atoms with Crippen molar-refractivity contribution >= 4 is 62.3 Å². The van der Waals surface area contributed by atoms with Gasteiger partial charge in [-0.15, -0.1) is 0 Å². The topological polar surface area (TPSA) is 47.6 Å². The molecule has 3 rings (SSSR count). The lowest BCUT2D eigenvalue weighted by Crippen LogP contribution is -2.16. The van der Waals surface area contributed by atoms with E-state index in [1.165, 1.54) is 12.1 Å². The maximum atomic E-state index is 12.5. The van der Waals surface area contributed by atoms with Gasteiger partial charge in [-0.3, -0.25) is 4.79 Å². The van der Waals surface area contributed by atoms with Crippen molar-refractivity contribution in [2.24, 2.45) is 0 Å². The van der Waals surface area contributed by atoms with Crippen LogP contribution in [0.2, 0.25) is 15.1 Å². The van der Waals surface area contributed by atoms with E-state index in [4.69, 9.17) is 44.3 Å². The third kappa shape index (κ3) is 4.84. The van der Waals surface area contributed by atoms with Crippen molar-refractivity contribution in [1.29, 1.82) is 0 Å². The van der Waals surface area contributed by atoms with Crippen LogP contribution >= 0.6 is 50.7 Å². The number of rotatable bonds is 5. The van der Waals surface area contributed by atoms with Crippen LogP contribution in [0, 0.1) is 0 Å². The first-order valence-corrected chi connectivity index (χ1v) is 9.86. The Labute approximate surface area is 174 Å². The molecule has 1 aliphatic rings. The SMILES string of the molecule is O=C(Nc1cc(Cl)c(Cl)cc1Cl)c1ccc(OCC2CCCO2)c(Br)c1. The Hall–Kier alpha value is -0.980. The van der Waals surface area contributed by atoms with Crippen LogP contribution in [-0.4, -0.2) is 25.2 Å². The second kappa shape index (κ2) is 8.81. The predicted octanol–water partition coefficient (Wildman–Crippen LogP) is 6.22. The number of carbonyl (C=O) groups is 1. The number of amides is 1. The van der Waals surface area contributed by atoms with Gasteiger partial charge in [0.2, 0.25) is 0 Å². The number of benzene rings is 2. The molecule has 1 aliphatic heterocycles. The molecule has 138 valence electrons. The fraction of sp³-hybridized carbons (Fsp3) is 0.278. The minimum Gasteiger partial charge on any atom is -0.490 e. The van der Waals surface area contributed by atoms with Crippen LogP contribution in [0.25, 0.3) is 0 Å². The highest BCUT2D eigenvalue weighted by Crippen LogP contribution is 2.33. The smallest absolute Gasteiger partial charge is 0.255 e. The minimum atomic E-state index is -0.323. The maximum Gasteiger partial charge on any atom is 0.255 e. The maximum absolute atomic E-state index is 12.5. The van der Waals surface area contributed by atoms with E-state index >= 15 is 0 Å². The van der Waals surface area contributed by atoms with Crippen LogP contribution in [0.1, 0.15) is 23.2 Å². The second-order valence-electron chi connectivity index (χ2n) is 5.79. The molecule has 0 aliphatic carbocycles. The van der Waals surface area contributed by atoms with Crippen LogP contribution in [0.5, 0.6) is 5.75 Å². The highest BCUT2D eigenvalue weighted by molar-refractivity contribution is 9.10. The Morgan fingerprint density at radius 1 is 1.19 bits per heavy atom. The molecule has 26 heavy (non-hydrogen) atoms. The Morgan fingerprint density at radius 2 is 1.96 bits per heavy atom. The molecule has 0 saturated carbocycles. The summed E-state index contributed by atoms with van der Waals surface area (Å²) in [6.07, 6.45) is 2.19. The lowest BCUT2D eigenvalue weighted by atomic mass is 10.2. The molecular weight excluding hydrogens is 464 g/mol. The zero-order valence-electron chi connectivity index (χ0n) is 13.5. The molecule has 0 radical (unpaired) electrons. The predicted molar refractivity (Wildman–Crippen MR) is 108 cm³/mol. The number of anilines is 1. The lowest BCUT2D eigenvalue weighted by molar-refractivity contribution is 0.0677. The van der Waals surface area contributed by atoms with E-state index in [1.807, 2.05) is 0 Å². The first kappa shape index (κ1) is 19.8. The summed E-state index contributed by atoms with van der Waals surface area (Å²) >= 11 is 21.4. The third-order valence-corrected chi connectivity index (χ3v) is 5.56. The molecule has 8 heteroatoms. The number of carbonyl (C=O) groups excluding carboxylic acids is 1. The number of hydrogen-bond donors (Lipinski definition) is 1. The molecule has 1 atom stereocenters. The first-order valence-electron chi connectivity index (χ1n) is 7.94. The van der Waals surface area contributed by atoms with E-state index in [0.717, 1.165) is 19.4 Å². The van der Waals surface area contributed by atoms with Crippen molar-refractivity contribution in [1.82, 2.24) is 0 Å². The van der Waals surface area contributed by atoms with Crippen LogP contribution in [0.15, 0.2) is 34.8 Å². The number of nitrogens with one attached hydrogen (secondary N) is 1. The molecule has 1 fully saturated rings. The average Bonchev–Trinajstić information content (AvgIpc) is 3.12. The molecule has 2 aromatic carbocycles. The molecule has 1 unspecified atom stereocenters. The van der Waals surface area contributed by atoms with E-state index in [-0.39, 0.29) is 12.0 Å². The number of hydrogen-bond acceptors (Lipinski definition) is 3. The molecule has 1 heterocycles. The van der Waals surface area contributed by atoms with Gasteiger partial charge in [0.1, 0.15) is 12.4 Å².